The first kappa shape index (κ1) is 13.5. The van der Waals surface area contributed by atoms with Gasteiger partial charge in [0, 0.05) is 4.47 Å². The fourth-order valence-electron chi connectivity index (χ4n) is 1.08. The smallest absolute Gasteiger partial charge is 0.266 e. The van der Waals surface area contributed by atoms with Crippen molar-refractivity contribution in [3.63, 3.8) is 0 Å². The highest BCUT2D eigenvalue weighted by Crippen LogP contribution is 2.17. The zero-order chi connectivity index (χ0) is 12.8. The maximum Gasteiger partial charge on any atom is 0.266 e. The predicted molar refractivity (Wildman–Crippen MR) is 67.3 cm³/mol. The summed E-state index contributed by atoms with van der Waals surface area (Å²) in [5, 5.41) is 13.7. The first-order valence-corrected chi connectivity index (χ1v) is 5.74. The Morgan fingerprint density at radius 3 is 2.59 bits per heavy atom. The van der Waals surface area contributed by atoms with Gasteiger partial charge in [-0.25, -0.2) is 0 Å². The predicted octanol–water partition coefficient (Wildman–Crippen LogP) is 2.14. The minimum Gasteiger partial charge on any atom is -0.481 e. The Balaban J connectivity index is 2.57. The van der Waals surface area contributed by atoms with E-state index >= 15 is 0 Å². The van der Waals surface area contributed by atoms with Crippen molar-refractivity contribution in [2.75, 3.05) is 0 Å². The summed E-state index contributed by atoms with van der Waals surface area (Å²) in [5.41, 5.74) is 0. The maximum absolute atomic E-state index is 11.5. The molecule has 0 saturated heterocycles. The Hall–Kier alpha value is -1.56. The summed E-state index contributed by atoms with van der Waals surface area (Å²) in [4.78, 5) is 11.5. The van der Waals surface area contributed by atoms with Crippen LogP contribution in [0.5, 0.6) is 5.75 Å². The van der Waals surface area contributed by atoms with Crippen molar-refractivity contribution in [2.45, 2.75) is 20.0 Å². The lowest BCUT2D eigenvalue weighted by Crippen LogP contribution is -2.38. The molecule has 1 aromatic carbocycles. The van der Waals surface area contributed by atoms with Crippen molar-refractivity contribution in [3.05, 3.63) is 28.7 Å². The van der Waals surface area contributed by atoms with Gasteiger partial charge in [-0.1, -0.05) is 21.1 Å². The zero-order valence-corrected chi connectivity index (χ0v) is 11.1. The second kappa shape index (κ2) is 6.24. The van der Waals surface area contributed by atoms with Crippen LogP contribution in [0.1, 0.15) is 13.8 Å². The van der Waals surface area contributed by atoms with Crippen molar-refractivity contribution in [2.24, 2.45) is 5.16 Å². The van der Waals surface area contributed by atoms with Gasteiger partial charge >= 0.3 is 0 Å². The highest BCUT2D eigenvalue weighted by molar-refractivity contribution is 9.10. The number of rotatable bonds is 3. The summed E-state index contributed by atoms with van der Waals surface area (Å²) in [6.45, 7) is 3.09. The Labute approximate surface area is 108 Å². The fourth-order valence-corrected chi connectivity index (χ4v) is 1.34. The van der Waals surface area contributed by atoms with E-state index in [-0.39, 0.29) is 11.7 Å². The average molecular weight is 301 g/mol. The third-order valence-electron chi connectivity index (χ3n) is 1.95. The molecule has 0 unspecified atom stereocenters. The molecule has 0 radical (unpaired) electrons. The molecule has 1 amide bonds. The molecule has 0 aliphatic carbocycles. The van der Waals surface area contributed by atoms with Crippen LogP contribution in [-0.2, 0) is 4.79 Å². The number of ether oxygens (including phenoxy) is 1. The number of nitrogens with one attached hydrogen (secondary N) is 1. The van der Waals surface area contributed by atoms with Gasteiger partial charge in [-0.05, 0) is 38.1 Å². The molecule has 0 spiro atoms. The van der Waals surface area contributed by atoms with Crippen LogP contribution in [0.4, 0.5) is 0 Å². The maximum atomic E-state index is 11.5. The van der Waals surface area contributed by atoms with Crippen LogP contribution in [0.3, 0.4) is 0 Å². The van der Waals surface area contributed by atoms with Crippen LogP contribution in [0.25, 0.3) is 0 Å². The van der Waals surface area contributed by atoms with Crippen molar-refractivity contribution < 1.29 is 14.7 Å². The lowest BCUT2D eigenvalue weighted by atomic mass is 10.3. The second-order valence-electron chi connectivity index (χ2n) is 3.39. The van der Waals surface area contributed by atoms with Gasteiger partial charge in [-0.15, -0.1) is 0 Å². The Kier molecular flexibility index (Phi) is 4.96. The molecular weight excluding hydrogens is 288 g/mol. The van der Waals surface area contributed by atoms with Gasteiger partial charge in [0.2, 0.25) is 0 Å². The van der Waals surface area contributed by atoms with E-state index < -0.39 is 6.10 Å². The van der Waals surface area contributed by atoms with E-state index in [1.165, 1.54) is 6.92 Å². The molecule has 0 heterocycles. The topological polar surface area (TPSA) is 70.9 Å². The van der Waals surface area contributed by atoms with E-state index in [9.17, 15) is 4.79 Å². The number of oxime groups is 1. The van der Waals surface area contributed by atoms with Crippen LogP contribution >= 0.6 is 15.9 Å². The first-order valence-electron chi connectivity index (χ1n) is 4.94. The van der Waals surface area contributed by atoms with Gasteiger partial charge in [0.05, 0.1) is 0 Å². The molecule has 0 saturated carbocycles. The molecule has 1 atom stereocenters. The molecule has 0 aromatic heterocycles. The number of nitrogens with zero attached hydrogens (tertiary/aromatic N) is 1. The Morgan fingerprint density at radius 1 is 1.47 bits per heavy atom. The molecule has 2 N–H and O–H groups in total. The second-order valence-corrected chi connectivity index (χ2v) is 4.30. The van der Waals surface area contributed by atoms with Crippen molar-refractivity contribution >= 4 is 27.7 Å². The molecule has 0 fully saturated rings. The number of halogens is 1. The Bertz CT molecular complexity index is 417. The molecule has 92 valence electrons. The number of hydrogen-bond acceptors (Lipinski definition) is 4. The number of amidine groups is 1. The molecular formula is C11H13BrN2O3. The van der Waals surface area contributed by atoms with E-state index in [0.717, 1.165) is 4.47 Å². The van der Waals surface area contributed by atoms with Gasteiger partial charge < -0.3 is 15.3 Å². The molecule has 5 nitrogen and oxygen atoms in total. The van der Waals surface area contributed by atoms with Crippen molar-refractivity contribution in [3.8, 4) is 5.75 Å². The lowest BCUT2D eigenvalue weighted by Gasteiger charge is -2.14. The summed E-state index contributed by atoms with van der Waals surface area (Å²) in [7, 11) is 0. The molecule has 0 aliphatic rings. The van der Waals surface area contributed by atoms with Crippen LogP contribution in [0.15, 0.2) is 33.9 Å². The van der Waals surface area contributed by atoms with E-state index in [1.54, 1.807) is 19.1 Å². The summed E-state index contributed by atoms with van der Waals surface area (Å²) in [5.74, 6) is 0.346. The van der Waals surface area contributed by atoms with E-state index in [1.807, 2.05) is 12.1 Å². The standard InChI is InChI=1S/C11H13BrN2O3/c1-7(11(15)13-8(2)14-16)17-10-5-3-9(12)4-6-10/h3-7,16H,1-2H3,(H,13,14,15)/t7-/m0/s1. The molecule has 0 aliphatic heterocycles. The highest BCUT2D eigenvalue weighted by atomic mass is 79.9. The lowest BCUT2D eigenvalue weighted by molar-refractivity contribution is -0.125. The van der Waals surface area contributed by atoms with Gasteiger partial charge in [0.1, 0.15) is 11.6 Å². The largest absolute Gasteiger partial charge is 0.481 e. The SMILES string of the molecule is CC(=NO)NC(=O)[C@H](C)Oc1ccc(Br)cc1. The summed E-state index contributed by atoms with van der Waals surface area (Å²) < 4.78 is 6.34. The van der Waals surface area contributed by atoms with Gasteiger partial charge in [-0.3, -0.25) is 4.79 Å². The summed E-state index contributed by atoms with van der Waals surface area (Å²) in [6.07, 6.45) is -0.673. The number of carbonyl (C=O) groups is 1. The summed E-state index contributed by atoms with van der Waals surface area (Å²) in [6, 6.07) is 7.14. The number of benzene rings is 1. The molecule has 6 heteroatoms. The average Bonchev–Trinajstić information content (AvgIpc) is 2.31. The quantitative estimate of drug-likeness (QED) is 0.389. The zero-order valence-electron chi connectivity index (χ0n) is 9.48. The van der Waals surface area contributed by atoms with E-state index in [4.69, 9.17) is 9.94 Å². The minimum atomic E-state index is -0.673. The summed E-state index contributed by atoms with van der Waals surface area (Å²) >= 11 is 3.30. The van der Waals surface area contributed by atoms with Crippen LogP contribution in [0, 0.1) is 0 Å². The minimum absolute atomic E-state index is 0.126. The highest BCUT2D eigenvalue weighted by Gasteiger charge is 2.15. The van der Waals surface area contributed by atoms with Crippen LogP contribution in [-0.4, -0.2) is 23.1 Å². The Morgan fingerprint density at radius 2 is 2.06 bits per heavy atom. The molecule has 0 bridgehead atoms. The number of carbonyl (C=O) groups excluding carboxylic acids is 1. The van der Waals surface area contributed by atoms with Crippen LogP contribution < -0.4 is 10.1 Å². The normalized spacial score (nSPS) is 13.0. The van der Waals surface area contributed by atoms with Gasteiger partial charge in [-0.2, -0.15) is 0 Å². The third-order valence-corrected chi connectivity index (χ3v) is 2.48. The molecule has 17 heavy (non-hydrogen) atoms. The van der Waals surface area contributed by atoms with E-state index in [2.05, 4.69) is 26.4 Å². The first-order chi connectivity index (χ1) is 8.02. The van der Waals surface area contributed by atoms with Crippen LogP contribution in [0.2, 0.25) is 0 Å². The molecule has 1 aromatic rings. The van der Waals surface area contributed by atoms with Gasteiger partial charge in [0.15, 0.2) is 6.10 Å². The third kappa shape index (κ3) is 4.44. The van der Waals surface area contributed by atoms with Gasteiger partial charge in [0.25, 0.3) is 5.91 Å². The van der Waals surface area contributed by atoms with E-state index in [0.29, 0.717) is 5.75 Å². The van der Waals surface area contributed by atoms with Crippen molar-refractivity contribution in [1.82, 2.24) is 5.32 Å². The number of amides is 1. The monoisotopic (exact) mass is 300 g/mol. The fraction of sp³-hybridized carbons (Fsp3) is 0.273. The number of hydrogen-bond donors (Lipinski definition) is 2. The molecule has 1 rings (SSSR count). The van der Waals surface area contributed by atoms with Crippen molar-refractivity contribution in [1.29, 1.82) is 0 Å².